The van der Waals surface area contributed by atoms with E-state index in [0.717, 1.165) is 89.9 Å². The summed E-state index contributed by atoms with van der Waals surface area (Å²) in [6.07, 6.45) is 63.6. The standard InChI is InChI=1S/C60H103NO8/c1-3-5-7-9-11-13-15-16-17-18-19-20-21-22-23-24-25-26-27-28-29-30-31-32-33-34-35-36-37-38-40-42-44-46-48-50-56(64)61-53(52-68-60-59(67)58(66)57(65)55(51-62)69-60)54(63)49-47-45-43-41-39-14-12-10-8-6-4-2/h5,7-8,10-11,13,16-17,19-20,22-23,39,41,47,49,53-55,57-60,62-63,65-67H,3-4,6,9,12,14-15,18,21,24-38,40,42-46,48,50-52H2,1-2H3,(H,61,64)/b7-5-,10-8+,13-11-,17-16-,20-19-,23-22-,41-39+,49-47+. The fourth-order valence-corrected chi connectivity index (χ4v) is 8.22. The second kappa shape index (κ2) is 48.7. The molecule has 0 aromatic carbocycles. The van der Waals surface area contributed by atoms with Gasteiger partial charge in [0.2, 0.25) is 5.91 Å². The smallest absolute Gasteiger partial charge is 0.220 e. The first-order chi connectivity index (χ1) is 33.8. The molecule has 0 aliphatic carbocycles. The molecule has 9 heteroatoms. The molecule has 0 aromatic rings. The number of carbonyl (C=O) groups excluding carboxylic acids is 1. The van der Waals surface area contributed by atoms with Crippen LogP contribution in [-0.2, 0) is 14.3 Å². The summed E-state index contributed by atoms with van der Waals surface area (Å²) in [6.45, 7) is 3.55. The molecule has 1 amide bonds. The Morgan fingerprint density at radius 3 is 1.38 bits per heavy atom. The maximum absolute atomic E-state index is 13.0. The van der Waals surface area contributed by atoms with Crippen molar-refractivity contribution in [3.05, 3.63) is 97.2 Å². The van der Waals surface area contributed by atoms with Crippen molar-refractivity contribution < 1.29 is 39.8 Å². The van der Waals surface area contributed by atoms with Gasteiger partial charge in [0.1, 0.15) is 24.4 Å². The van der Waals surface area contributed by atoms with E-state index in [1.165, 1.54) is 109 Å². The Hall–Kier alpha value is -2.89. The average Bonchev–Trinajstić information content (AvgIpc) is 3.35. The van der Waals surface area contributed by atoms with E-state index in [1.54, 1.807) is 6.08 Å². The third kappa shape index (κ3) is 38.5. The van der Waals surface area contributed by atoms with Crippen molar-refractivity contribution in [1.82, 2.24) is 5.32 Å². The number of allylic oxidation sites excluding steroid dienone is 15. The van der Waals surface area contributed by atoms with Gasteiger partial charge in [0, 0.05) is 6.42 Å². The summed E-state index contributed by atoms with van der Waals surface area (Å²) in [5.74, 6) is -0.194. The summed E-state index contributed by atoms with van der Waals surface area (Å²) in [7, 11) is 0. The van der Waals surface area contributed by atoms with Gasteiger partial charge in [-0.3, -0.25) is 4.79 Å². The SMILES string of the molecule is CC/C=C\C/C=C\C/C=C\C/C=C\C/C=C\CCCCCCCCCCCCCCCCCCCCCC(=O)NC(COC1OC(CO)C(O)C(O)C1O)C(O)/C=C/CC/C=C/CC/C=C/CCC. The molecule has 0 aromatic heterocycles. The normalized spacial score (nSPS) is 20.2. The molecule has 6 N–H and O–H groups in total. The van der Waals surface area contributed by atoms with Crippen LogP contribution in [0.1, 0.15) is 219 Å². The van der Waals surface area contributed by atoms with E-state index in [9.17, 15) is 30.3 Å². The van der Waals surface area contributed by atoms with Crippen LogP contribution >= 0.6 is 0 Å². The highest BCUT2D eigenvalue weighted by Gasteiger charge is 2.44. The van der Waals surface area contributed by atoms with E-state index in [4.69, 9.17) is 9.47 Å². The molecule has 1 fully saturated rings. The summed E-state index contributed by atoms with van der Waals surface area (Å²) in [6, 6.07) is -0.830. The van der Waals surface area contributed by atoms with Crippen LogP contribution in [0.25, 0.3) is 0 Å². The number of hydrogen-bond acceptors (Lipinski definition) is 8. The molecule has 396 valence electrons. The van der Waals surface area contributed by atoms with Crippen LogP contribution in [0.5, 0.6) is 0 Å². The lowest BCUT2D eigenvalue weighted by molar-refractivity contribution is -0.302. The number of amides is 1. The Morgan fingerprint density at radius 2 is 0.913 bits per heavy atom. The number of hydrogen-bond donors (Lipinski definition) is 6. The maximum Gasteiger partial charge on any atom is 0.220 e. The molecule has 0 bridgehead atoms. The Morgan fingerprint density at radius 1 is 0.507 bits per heavy atom. The lowest BCUT2D eigenvalue weighted by Crippen LogP contribution is -2.60. The van der Waals surface area contributed by atoms with Crippen molar-refractivity contribution in [3.8, 4) is 0 Å². The minimum Gasteiger partial charge on any atom is -0.394 e. The highest BCUT2D eigenvalue weighted by Crippen LogP contribution is 2.23. The average molecular weight is 966 g/mol. The summed E-state index contributed by atoms with van der Waals surface area (Å²) in [5.41, 5.74) is 0. The number of carbonyl (C=O) groups is 1. The van der Waals surface area contributed by atoms with Gasteiger partial charge in [0.05, 0.1) is 25.4 Å². The lowest BCUT2D eigenvalue weighted by atomic mass is 9.99. The number of nitrogens with one attached hydrogen (secondary N) is 1. The van der Waals surface area contributed by atoms with E-state index in [1.807, 2.05) is 6.08 Å². The van der Waals surface area contributed by atoms with E-state index < -0.39 is 49.5 Å². The second-order valence-electron chi connectivity index (χ2n) is 19.0. The molecular weight excluding hydrogens is 863 g/mol. The first kappa shape index (κ1) is 64.1. The van der Waals surface area contributed by atoms with Crippen molar-refractivity contribution in [2.24, 2.45) is 0 Å². The van der Waals surface area contributed by atoms with Crippen molar-refractivity contribution in [2.75, 3.05) is 13.2 Å². The van der Waals surface area contributed by atoms with Gasteiger partial charge >= 0.3 is 0 Å². The number of unbranched alkanes of at least 4 members (excludes halogenated alkanes) is 22. The van der Waals surface area contributed by atoms with E-state index >= 15 is 0 Å². The number of aliphatic hydroxyl groups is 5. The molecule has 1 aliphatic rings. The first-order valence-electron chi connectivity index (χ1n) is 28.0. The van der Waals surface area contributed by atoms with Crippen molar-refractivity contribution >= 4 is 5.91 Å². The zero-order chi connectivity index (χ0) is 50.1. The van der Waals surface area contributed by atoms with Crippen LogP contribution < -0.4 is 5.32 Å². The Bertz CT molecular complexity index is 1400. The monoisotopic (exact) mass is 966 g/mol. The van der Waals surface area contributed by atoms with Crippen molar-refractivity contribution in [3.63, 3.8) is 0 Å². The quantitative estimate of drug-likeness (QED) is 0.0261. The molecule has 0 saturated carbocycles. The van der Waals surface area contributed by atoms with Gasteiger partial charge in [0.15, 0.2) is 6.29 Å². The number of ether oxygens (including phenoxy) is 2. The molecule has 7 unspecified atom stereocenters. The van der Waals surface area contributed by atoms with Crippen LogP contribution in [-0.4, -0.2) is 87.5 Å². The van der Waals surface area contributed by atoms with Crippen LogP contribution in [0.2, 0.25) is 0 Å². The molecule has 1 saturated heterocycles. The second-order valence-corrected chi connectivity index (χ2v) is 19.0. The molecule has 9 nitrogen and oxygen atoms in total. The highest BCUT2D eigenvalue weighted by molar-refractivity contribution is 5.76. The molecular formula is C60H103NO8. The van der Waals surface area contributed by atoms with Crippen LogP contribution in [0.3, 0.4) is 0 Å². The Labute approximate surface area is 422 Å². The largest absolute Gasteiger partial charge is 0.394 e. The summed E-state index contributed by atoms with van der Waals surface area (Å²) in [5, 5.41) is 54.2. The minimum absolute atomic E-state index is 0.194. The number of rotatable bonds is 46. The summed E-state index contributed by atoms with van der Waals surface area (Å²) >= 11 is 0. The Balaban J connectivity index is 2.10. The molecule has 1 heterocycles. The van der Waals surface area contributed by atoms with Gasteiger partial charge in [-0.25, -0.2) is 0 Å². The maximum atomic E-state index is 13.0. The predicted molar refractivity (Wildman–Crippen MR) is 290 cm³/mol. The molecule has 0 radical (unpaired) electrons. The van der Waals surface area contributed by atoms with Gasteiger partial charge in [-0.15, -0.1) is 0 Å². The van der Waals surface area contributed by atoms with Crippen molar-refractivity contribution in [1.29, 1.82) is 0 Å². The zero-order valence-corrected chi connectivity index (χ0v) is 43.8. The highest BCUT2D eigenvalue weighted by atomic mass is 16.7. The van der Waals surface area contributed by atoms with E-state index in [0.29, 0.717) is 6.42 Å². The van der Waals surface area contributed by atoms with Crippen LogP contribution in [0, 0.1) is 0 Å². The lowest BCUT2D eigenvalue weighted by Gasteiger charge is -2.40. The molecule has 7 atom stereocenters. The molecule has 1 aliphatic heterocycles. The topological polar surface area (TPSA) is 149 Å². The predicted octanol–water partition coefficient (Wildman–Crippen LogP) is 13.6. The molecule has 1 rings (SSSR count). The van der Waals surface area contributed by atoms with Gasteiger partial charge in [-0.05, 0) is 83.5 Å². The Kier molecular flexibility index (Phi) is 45.3. The fraction of sp³-hybridized carbons (Fsp3) is 0.717. The van der Waals surface area contributed by atoms with Crippen LogP contribution in [0.4, 0.5) is 0 Å². The minimum atomic E-state index is -1.58. The van der Waals surface area contributed by atoms with Crippen molar-refractivity contribution in [2.45, 2.75) is 262 Å². The van der Waals surface area contributed by atoms with Gasteiger partial charge in [-0.2, -0.15) is 0 Å². The first-order valence-corrected chi connectivity index (χ1v) is 28.0. The van der Waals surface area contributed by atoms with Gasteiger partial charge in [-0.1, -0.05) is 227 Å². The van der Waals surface area contributed by atoms with Gasteiger partial charge < -0.3 is 40.3 Å². The van der Waals surface area contributed by atoms with E-state index in [2.05, 4.69) is 104 Å². The van der Waals surface area contributed by atoms with Crippen LogP contribution in [0.15, 0.2) is 97.2 Å². The molecule has 0 spiro atoms. The third-order valence-corrected chi connectivity index (χ3v) is 12.6. The molecule has 69 heavy (non-hydrogen) atoms. The number of aliphatic hydroxyl groups excluding tert-OH is 5. The third-order valence-electron chi connectivity index (χ3n) is 12.6. The van der Waals surface area contributed by atoms with Gasteiger partial charge in [0.25, 0.3) is 0 Å². The summed E-state index contributed by atoms with van der Waals surface area (Å²) < 4.78 is 11.2. The summed E-state index contributed by atoms with van der Waals surface area (Å²) in [4.78, 5) is 13.0. The fourth-order valence-electron chi connectivity index (χ4n) is 8.22. The zero-order valence-electron chi connectivity index (χ0n) is 43.8. The van der Waals surface area contributed by atoms with E-state index in [-0.39, 0.29) is 12.5 Å².